The summed E-state index contributed by atoms with van der Waals surface area (Å²) in [6.45, 7) is 1.57. The first kappa shape index (κ1) is 21.6. The number of ether oxygens (including phenoxy) is 1. The molecular formula is C21H18ClFN2O4S. The fourth-order valence-corrected chi connectivity index (χ4v) is 3.92. The van der Waals surface area contributed by atoms with Gasteiger partial charge in [0.2, 0.25) is 0 Å². The molecule has 0 spiro atoms. The Morgan fingerprint density at radius 3 is 2.43 bits per heavy atom. The molecule has 0 aliphatic carbocycles. The molecule has 3 rings (SSSR count). The average molecular weight is 449 g/mol. The molecular weight excluding hydrogens is 431 g/mol. The summed E-state index contributed by atoms with van der Waals surface area (Å²) in [6, 6.07) is 16.1. The maximum absolute atomic E-state index is 13.0. The van der Waals surface area contributed by atoms with Crippen LogP contribution < -0.4 is 14.8 Å². The van der Waals surface area contributed by atoms with Crippen LogP contribution in [-0.2, 0) is 14.8 Å². The Kier molecular flexibility index (Phi) is 6.59. The molecule has 0 saturated heterocycles. The SMILES string of the molecule is Cc1ccccc1NC(=O)COc1ccc(S(=O)(=O)Nc2ccc(F)cc2)cc1Cl. The van der Waals surface area contributed by atoms with Crippen molar-refractivity contribution in [3.05, 3.63) is 83.1 Å². The number of amides is 1. The summed E-state index contributed by atoms with van der Waals surface area (Å²) in [4.78, 5) is 12.0. The Labute approximate surface area is 178 Å². The molecule has 0 aromatic heterocycles. The summed E-state index contributed by atoms with van der Waals surface area (Å²) in [6.07, 6.45) is 0. The fraction of sp³-hybridized carbons (Fsp3) is 0.0952. The Morgan fingerprint density at radius 1 is 1.07 bits per heavy atom. The number of hydrogen-bond acceptors (Lipinski definition) is 4. The lowest BCUT2D eigenvalue weighted by atomic mass is 10.2. The van der Waals surface area contributed by atoms with Crippen molar-refractivity contribution < 1.29 is 22.3 Å². The van der Waals surface area contributed by atoms with Crippen molar-refractivity contribution >= 4 is 38.9 Å². The molecule has 0 radical (unpaired) electrons. The molecule has 0 unspecified atom stereocenters. The molecule has 30 heavy (non-hydrogen) atoms. The van der Waals surface area contributed by atoms with E-state index in [9.17, 15) is 17.6 Å². The van der Waals surface area contributed by atoms with E-state index in [2.05, 4.69) is 10.0 Å². The van der Waals surface area contributed by atoms with Gasteiger partial charge in [0.15, 0.2) is 6.61 Å². The number of rotatable bonds is 7. The highest BCUT2D eigenvalue weighted by Gasteiger charge is 2.17. The molecule has 0 aliphatic rings. The van der Waals surface area contributed by atoms with Crippen LogP contribution in [0.5, 0.6) is 5.75 Å². The van der Waals surface area contributed by atoms with Crippen molar-refractivity contribution in [3.8, 4) is 5.75 Å². The first-order chi connectivity index (χ1) is 14.2. The lowest BCUT2D eigenvalue weighted by Gasteiger charge is -2.12. The van der Waals surface area contributed by atoms with Crippen LogP contribution >= 0.6 is 11.6 Å². The zero-order valence-electron chi connectivity index (χ0n) is 15.9. The summed E-state index contributed by atoms with van der Waals surface area (Å²) in [5.74, 6) is -0.693. The van der Waals surface area contributed by atoms with E-state index in [1.165, 1.54) is 30.3 Å². The molecule has 156 valence electrons. The Hall–Kier alpha value is -3.10. The van der Waals surface area contributed by atoms with Crippen LogP contribution in [0.4, 0.5) is 15.8 Å². The third-order valence-corrected chi connectivity index (χ3v) is 5.76. The van der Waals surface area contributed by atoms with Gasteiger partial charge in [-0.05, 0) is 61.0 Å². The number of benzene rings is 3. The van der Waals surface area contributed by atoms with Crippen LogP contribution in [-0.4, -0.2) is 20.9 Å². The van der Waals surface area contributed by atoms with Gasteiger partial charge in [0.25, 0.3) is 15.9 Å². The number of para-hydroxylation sites is 1. The maximum atomic E-state index is 13.0. The highest BCUT2D eigenvalue weighted by molar-refractivity contribution is 7.92. The number of hydrogen-bond donors (Lipinski definition) is 2. The number of carbonyl (C=O) groups excluding carboxylic acids is 1. The van der Waals surface area contributed by atoms with Crippen LogP contribution in [0.1, 0.15) is 5.56 Å². The molecule has 3 aromatic carbocycles. The van der Waals surface area contributed by atoms with Crippen molar-refractivity contribution in [1.29, 1.82) is 0 Å². The molecule has 0 saturated carbocycles. The van der Waals surface area contributed by atoms with Crippen LogP contribution in [0.15, 0.2) is 71.6 Å². The number of halogens is 2. The van der Waals surface area contributed by atoms with E-state index in [4.69, 9.17) is 16.3 Å². The van der Waals surface area contributed by atoms with Gasteiger partial charge in [-0.3, -0.25) is 9.52 Å². The van der Waals surface area contributed by atoms with Gasteiger partial charge in [0.05, 0.1) is 9.92 Å². The predicted octanol–water partition coefficient (Wildman–Crippen LogP) is 4.61. The molecule has 0 bridgehead atoms. The zero-order chi connectivity index (χ0) is 21.7. The monoisotopic (exact) mass is 448 g/mol. The Bertz CT molecular complexity index is 1170. The van der Waals surface area contributed by atoms with Gasteiger partial charge in [0.1, 0.15) is 11.6 Å². The standard InChI is InChI=1S/C21H18ClFN2O4S/c1-14-4-2-3-5-19(14)24-21(26)13-29-20-11-10-17(12-18(20)22)30(27,28)25-16-8-6-15(23)7-9-16/h2-12,25H,13H2,1H3,(H,24,26). The second-order valence-electron chi connectivity index (χ2n) is 6.36. The minimum absolute atomic E-state index is 0.0284. The van der Waals surface area contributed by atoms with E-state index >= 15 is 0 Å². The Morgan fingerprint density at radius 2 is 1.77 bits per heavy atom. The smallest absolute Gasteiger partial charge is 0.262 e. The van der Waals surface area contributed by atoms with Gasteiger partial charge in [-0.15, -0.1) is 0 Å². The van der Waals surface area contributed by atoms with Crippen molar-refractivity contribution in [2.45, 2.75) is 11.8 Å². The van der Waals surface area contributed by atoms with Crippen molar-refractivity contribution in [3.63, 3.8) is 0 Å². The minimum atomic E-state index is -3.93. The normalized spacial score (nSPS) is 11.0. The minimum Gasteiger partial charge on any atom is -0.482 e. The van der Waals surface area contributed by atoms with E-state index in [-0.39, 0.29) is 33.9 Å². The fourth-order valence-electron chi connectivity index (χ4n) is 2.54. The van der Waals surface area contributed by atoms with Crippen molar-refractivity contribution in [2.75, 3.05) is 16.6 Å². The topological polar surface area (TPSA) is 84.5 Å². The number of carbonyl (C=O) groups is 1. The molecule has 1 amide bonds. The van der Waals surface area contributed by atoms with E-state index in [0.717, 1.165) is 17.7 Å². The lowest BCUT2D eigenvalue weighted by molar-refractivity contribution is -0.118. The number of sulfonamides is 1. The first-order valence-electron chi connectivity index (χ1n) is 8.81. The van der Waals surface area contributed by atoms with Gasteiger partial charge < -0.3 is 10.1 Å². The molecule has 0 atom stereocenters. The van der Waals surface area contributed by atoms with Crippen molar-refractivity contribution in [2.24, 2.45) is 0 Å². The summed E-state index contributed by atoms with van der Waals surface area (Å²) < 4.78 is 45.7. The van der Waals surface area contributed by atoms with Crippen LogP contribution in [0, 0.1) is 12.7 Å². The summed E-state index contributed by atoms with van der Waals surface area (Å²) in [5.41, 5.74) is 1.79. The van der Waals surface area contributed by atoms with Crippen LogP contribution in [0.2, 0.25) is 5.02 Å². The van der Waals surface area contributed by atoms with E-state index < -0.39 is 15.8 Å². The molecule has 6 nitrogen and oxygen atoms in total. The lowest BCUT2D eigenvalue weighted by Crippen LogP contribution is -2.20. The summed E-state index contributed by atoms with van der Waals surface area (Å²) >= 11 is 6.13. The largest absolute Gasteiger partial charge is 0.482 e. The maximum Gasteiger partial charge on any atom is 0.262 e. The molecule has 0 fully saturated rings. The van der Waals surface area contributed by atoms with Crippen LogP contribution in [0.3, 0.4) is 0 Å². The van der Waals surface area contributed by atoms with Gasteiger partial charge in [-0.1, -0.05) is 29.8 Å². The molecule has 0 aliphatic heterocycles. The molecule has 3 aromatic rings. The summed E-state index contributed by atoms with van der Waals surface area (Å²) in [7, 11) is -3.93. The van der Waals surface area contributed by atoms with E-state index in [1.54, 1.807) is 12.1 Å². The summed E-state index contributed by atoms with van der Waals surface area (Å²) in [5, 5.41) is 2.76. The zero-order valence-corrected chi connectivity index (χ0v) is 17.4. The first-order valence-corrected chi connectivity index (χ1v) is 10.7. The van der Waals surface area contributed by atoms with Crippen LogP contribution in [0.25, 0.3) is 0 Å². The quantitative estimate of drug-likeness (QED) is 0.553. The van der Waals surface area contributed by atoms with Gasteiger partial charge in [0, 0.05) is 11.4 Å². The van der Waals surface area contributed by atoms with Gasteiger partial charge >= 0.3 is 0 Å². The highest BCUT2D eigenvalue weighted by atomic mass is 35.5. The third-order valence-electron chi connectivity index (χ3n) is 4.09. The number of anilines is 2. The number of nitrogens with one attached hydrogen (secondary N) is 2. The average Bonchev–Trinajstić information content (AvgIpc) is 2.70. The molecule has 2 N–H and O–H groups in total. The second kappa shape index (κ2) is 9.15. The predicted molar refractivity (Wildman–Crippen MR) is 114 cm³/mol. The third kappa shape index (κ3) is 5.49. The van der Waals surface area contributed by atoms with Gasteiger partial charge in [-0.2, -0.15) is 0 Å². The Balaban J connectivity index is 1.65. The number of aryl methyl sites for hydroxylation is 1. The second-order valence-corrected chi connectivity index (χ2v) is 8.45. The van der Waals surface area contributed by atoms with E-state index in [0.29, 0.717) is 5.69 Å². The highest BCUT2D eigenvalue weighted by Crippen LogP contribution is 2.28. The van der Waals surface area contributed by atoms with E-state index in [1.807, 2.05) is 19.1 Å². The molecule has 0 heterocycles. The van der Waals surface area contributed by atoms with Gasteiger partial charge in [-0.25, -0.2) is 12.8 Å². The van der Waals surface area contributed by atoms with Crippen molar-refractivity contribution in [1.82, 2.24) is 0 Å². The molecule has 9 heteroatoms.